The summed E-state index contributed by atoms with van der Waals surface area (Å²) in [6.45, 7) is 5.26. The van der Waals surface area contributed by atoms with Crippen molar-refractivity contribution in [2.75, 3.05) is 13.2 Å². The Bertz CT molecular complexity index is 623. The molecular formula is C17H23N3O2S. The van der Waals surface area contributed by atoms with E-state index in [1.54, 1.807) is 5.38 Å². The number of carbonyl (C=O) groups excluding carboxylic acids is 1. The van der Waals surface area contributed by atoms with Gasteiger partial charge in [-0.25, -0.2) is 4.98 Å². The summed E-state index contributed by atoms with van der Waals surface area (Å²) < 4.78 is 5.56. The van der Waals surface area contributed by atoms with Crippen molar-refractivity contribution >= 4 is 17.2 Å². The van der Waals surface area contributed by atoms with Gasteiger partial charge in [-0.3, -0.25) is 4.79 Å². The largest absolute Gasteiger partial charge is 0.494 e. The molecule has 0 bridgehead atoms. The van der Waals surface area contributed by atoms with Crippen LogP contribution in [0.25, 0.3) is 10.6 Å². The van der Waals surface area contributed by atoms with Crippen molar-refractivity contribution in [3.63, 3.8) is 0 Å². The Labute approximate surface area is 140 Å². The van der Waals surface area contributed by atoms with Crippen LogP contribution >= 0.6 is 11.3 Å². The zero-order valence-corrected chi connectivity index (χ0v) is 14.4. The van der Waals surface area contributed by atoms with E-state index in [1.807, 2.05) is 31.2 Å². The van der Waals surface area contributed by atoms with E-state index in [0.717, 1.165) is 29.2 Å². The van der Waals surface area contributed by atoms with E-state index in [-0.39, 0.29) is 11.9 Å². The average Bonchev–Trinajstić information content (AvgIpc) is 3.03. The van der Waals surface area contributed by atoms with Crippen LogP contribution in [-0.2, 0) is 0 Å². The summed E-state index contributed by atoms with van der Waals surface area (Å²) in [5, 5.41) is 5.43. The molecule has 0 fully saturated rings. The molecule has 23 heavy (non-hydrogen) atoms. The molecule has 1 amide bonds. The number of amides is 1. The van der Waals surface area contributed by atoms with Gasteiger partial charge in [-0.05, 0) is 44.0 Å². The highest BCUT2D eigenvalue weighted by atomic mass is 32.1. The molecule has 0 aliphatic rings. The Morgan fingerprint density at radius 2 is 2.13 bits per heavy atom. The summed E-state index contributed by atoms with van der Waals surface area (Å²) in [6.07, 6.45) is 1.73. The first-order chi connectivity index (χ1) is 11.1. The molecular weight excluding hydrogens is 310 g/mol. The molecule has 6 heteroatoms. The number of aromatic nitrogens is 1. The fourth-order valence-corrected chi connectivity index (χ4v) is 2.73. The van der Waals surface area contributed by atoms with Gasteiger partial charge in [0.25, 0.3) is 5.91 Å². The van der Waals surface area contributed by atoms with Gasteiger partial charge in [-0.15, -0.1) is 11.3 Å². The first kappa shape index (κ1) is 17.4. The minimum atomic E-state index is -0.156. The predicted octanol–water partition coefficient (Wildman–Crippen LogP) is 3.07. The van der Waals surface area contributed by atoms with Gasteiger partial charge in [0.2, 0.25) is 0 Å². The second-order valence-corrected chi connectivity index (χ2v) is 6.29. The van der Waals surface area contributed by atoms with Crippen LogP contribution in [0.2, 0.25) is 0 Å². The van der Waals surface area contributed by atoms with Crippen LogP contribution in [0.1, 0.15) is 37.2 Å². The van der Waals surface area contributed by atoms with Crippen LogP contribution in [0.4, 0.5) is 0 Å². The van der Waals surface area contributed by atoms with Gasteiger partial charge >= 0.3 is 0 Å². The van der Waals surface area contributed by atoms with Crippen LogP contribution < -0.4 is 15.8 Å². The predicted molar refractivity (Wildman–Crippen MR) is 93.9 cm³/mol. The number of rotatable bonds is 8. The third kappa shape index (κ3) is 5.33. The molecule has 5 nitrogen and oxygen atoms in total. The van der Waals surface area contributed by atoms with Gasteiger partial charge in [0.05, 0.1) is 6.61 Å². The van der Waals surface area contributed by atoms with E-state index in [1.165, 1.54) is 11.3 Å². The molecule has 0 aliphatic heterocycles. The Hall–Kier alpha value is -1.92. The molecule has 0 aliphatic carbocycles. The topological polar surface area (TPSA) is 77.2 Å². The Morgan fingerprint density at radius 3 is 2.78 bits per heavy atom. The van der Waals surface area contributed by atoms with Crippen molar-refractivity contribution in [3.8, 4) is 16.3 Å². The molecule has 1 heterocycles. The number of nitrogens with one attached hydrogen (secondary N) is 1. The van der Waals surface area contributed by atoms with Crippen molar-refractivity contribution in [2.45, 2.75) is 32.7 Å². The zero-order valence-electron chi connectivity index (χ0n) is 13.5. The summed E-state index contributed by atoms with van der Waals surface area (Å²) >= 11 is 1.46. The molecule has 0 spiro atoms. The van der Waals surface area contributed by atoms with Gasteiger partial charge < -0.3 is 15.8 Å². The van der Waals surface area contributed by atoms with Gasteiger partial charge in [0.1, 0.15) is 16.5 Å². The highest BCUT2D eigenvalue weighted by Gasteiger charge is 2.11. The van der Waals surface area contributed by atoms with E-state index in [4.69, 9.17) is 10.5 Å². The molecule has 0 radical (unpaired) electrons. The molecule has 2 aromatic rings. The van der Waals surface area contributed by atoms with E-state index in [0.29, 0.717) is 18.8 Å². The van der Waals surface area contributed by atoms with Crippen LogP contribution in [-0.4, -0.2) is 30.1 Å². The smallest absolute Gasteiger partial charge is 0.270 e. The van der Waals surface area contributed by atoms with E-state index < -0.39 is 0 Å². The number of hydrogen-bond acceptors (Lipinski definition) is 5. The number of ether oxygens (including phenoxy) is 1. The van der Waals surface area contributed by atoms with Gasteiger partial charge in [-0.2, -0.15) is 0 Å². The lowest BCUT2D eigenvalue weighted by molar-refractivity contribution is 0.0948. The fraction of sp³-hybridized carbons (Fsp3) is 0.412. The summed E-state index contributed by atoms with van der Waals surface area (Å²) in [5.74, 6) is 0.692. The van der Waals surface area contributed by atoms with Crippen molar-refractivity contribution < 1.29 is 9.53 Å². The van der Waals surface area contributed by atoms with Crippen LogP contribution in [0, 0.1) is 0 Å². The van der Waals surface area contributed by atoms with Gasteiger partial charge in [0.15, 0.2) is 0 Å². The van der Waals surface area contributed by atoms with Crippen molar-refractivity contribution in [1.82, 2.24) is 10.3 Å². The maximum Gasteiger partial charge on any atom is 0.270 e. The number of nitrogens with zero attached hydrogens (tertiary/aromatic N) is 1. The number of hydrogen-bond donors (Lipinski definition) is 2. The third-order valence-corrected chi connectivity index (χ3v) is 4.09. The maximum absolute atomic E-state index is 12.0. The van der Waals surface area contributed by atoms with Crippen LogP contribution in [0.15, 0.2) is 29.6 Å². The first-order valence-electron chi connectivity index (χ1n) is 7.82. The molecule has 0 saturated carbocycles. The molecule has 1 atom stereocenters. The Balaban J connectivity index is 1.97. The minimum Gasteiger partial charge on any atom is -0.494 e. The normalized spacial score (nSPS) is 12.0. The lowest BCUT2D eigenvalue weighted by atomic mass is 10.2. The van der Waals surface area contributed by atoms with Gasteiger partial charge in [-0.1, -0.05) is 6.92 Å². The molecule has 2 rings (SSSR count). The second kappa shape index (κ2) is 8.64. The number of benzene rings is 1. The molecule has 1 unspecified atom stereocenters. The van der Waals surface area contributed by atoms with Crippen molar-refractivity contribution in [3.05, 3.63) is 35.3 Å². The quantitative estimate of drug-likeness (QED) is 0.778. The number of thiazole rings is 1. The molecule has 1 aromatic heterocycles. The first-order valence-corrected chi connectivity index (χ1v) is 8.70. The lowest BCUT2D eigenvalue weighted by Gasteiger charge is -2.05. The second-order valence-electron chi connectivity index (χ2n) is 5.43. The molecule has 3 N–H and O–H groups in total. The highest BCUT2D eigenvalue weighted by molar-refractivity contribution is 7.13. The monoisotopic (exact) mass is 333 g/mol. The number of carbonyl (C=O) groups is 1. The van der Waals surface area contributed by atoms with Crippen LogP contribution in [0.3, 0.4) is 0 Å². The Kier molecular flexibility index (Phi) is 6.55. The fourth-order valence-electron chi connectivity index (χ4n) is 1.93. The highest BCUT2D eigenvalue weighted by Crippen LogP contribution is 2.25. The summed E-state index contributed by atoms with van der Waals surface area (Å²) in [6, 6.07) is 7.85. The lowest BCUT2D eigenvalue weighted by Crippen LogP contribution is -2.29. The third-order valence-electron chi connectivity index (χ3n) is 3.20. The van der Waals surface area contributed by atoms with Crippen LogP contribution in [0.5, 0.6) is 5.75 Å². The minimum absolute atomic E-state index is 0.0785. The molecule has 124 valence electrons. The number of nitrogens with two attached hydrogens (primary N) is 1. The van der Waals surface area contributed by atoms with E-state index >= 15 is 0 Å². The summed E-state index contributed by atoms with van der Waals surface area (Å²) in [5.41, 5.74) is 7.09. The standard InChI is InChI=1S/C17H23N3O2S/c1-3-10-22-14-6-4-13(5-7-14)17-20-15(11-23-17)16(21)19-9-8-12(2)18/h4-7,11-12H,3,8-10,18H2,1-2H3,(H,19,21). The molecule has 1 aromatic carbocycles. The van der Waals surface area contributed by atoms with Crippen molar-refractivity contribution in [1.29, 1.82) is 0 Å². The maximum atomic E-state index is 12.0. The molecule has 0 saturated heterocycles. The van der Waals surface area contributed by atoms with E-state index in [2.05, 4.69) is 17.2 Å². The Morgan fingerprint density at radius 1 is 1.39 bits per heavy atom. The summed E-state index contributed by atoms with van der Waals surface area (Å²) in [7, 11) is 0. The van der Waals surface area contributed by atoms with Crippen molar-refractivity contribution in [2.24, 2.45) is 5.73 Å². The zero-order chi connectivity index (χ0) is 16.7. The summed E-state index contributed by atoms with van der Waals surface area (Å²) in [4.78, 5) is 16.4. The van der Waals surface area contributed by atoms with E-state index in [9.17, 15) is 4.79 Å². The average molecular weight is 333 g/mol. The SMILES string of the molecule is CCCOc1ccc(-c2nc(C(=O)NCCC(C)N)cs2)cc1. The van der Waals surface area contributed by atoms with Gasteiger partial charge in [0, 0.05) is 23.5 Å².